The first-order chi connectivity index (χ1) is 10.1. The average molecular weight is 302 g/mol. The number of rotatable bonds is 6. The summed E-state index contributed by atoms with van der Waals surface area (Å²) < 4.78 is 18.7. The number of unbranched alkanes of at least 4 members (excludes halogenated alkanes) is 1. The van der Waals surface area contributed by atoms with E-state index >= 15 is 0 Å². The molecule has 0 spiro atoms. The first-order valence-corrected chi connectivity index (χ1v) is 6.91. The SMILES string of the molecule is O=c1[nH]c(=O)n([C@H]2C[C@H](O)[C@@H](CO)O2)cc1CCCCF. The molecule has 21 heavy (non-hydrogen) atoms. The third-order valence-electron chi connectivity index (χ3n) is 3.57. The molecule has 0 unspecified atom stereocenters. The maximum absolute atomic E-state index is 12.1. The fourth-order valence-electron chi connectivity index (χ4n) is 2.38. The number of nitrogens with one attached hydrogen (secondary N) is 1. The maximum atomic E-state index is 12.1. The van der Waals surface area contributed by atoms with Gasteiger partial charge in [-0.3, -0.25) is 18.7 Å². The van der Waals surface area contributed by atoms with E-state index in [0.717, 1.165) is 0 Å². The molecular formula is C13H19FN2O5. The van der Waals surface area contributed by atoms with Crippen LogP contribution in [0.3, 0.4) is 0 Å². The summed E-state index contributed by atoms with van der Waals surface area (Å²) in [5.41, 5.74) is -0.758. The minimum Gasteiger partial charge on any atom is -0.394 e. The zero-order valence-corrected chi connectivity index (χ0v) is 11.5. The fraction of sp³-hybridized carbons (Fsp3) is 0.692. The van der Waals surface area contributed by atoms with Gasteiger partial charge in [-0.1, -0.05) is 0 Å². The highest BCUT2D eigenvalue weighted by molar-refractivity contribution is 5.05. The summed E-state index contributed by atoms with van der Waals surface area (Å²) >= 11 is 0. The summed E-state index contributed by atoms with van der Waals surface area (Å²) in [6.07, 6.45) is 0.407. The van der Waals surface area contributed by atoms with E-state index in [1.165, 1.54) is 10.8 Å². The van der Waals surface area contributed by atoms with Gasteiger partial charge in [0, 0.05) is 18.2 Å². The molecule has 0 bridgehead atoms. The molecule has 1 aliphatic heterocycles. The van der Waals surface area contributed by atoms with Gasteiger partial charge in [0.2, 0.25) is 0 Å². The van der Waals surface area contributed by atoms with Crippen molar-refractivity contribution in [3.05, 3.63) is 32.6 Å². The van der Waals surface area contributed by atoms with E-state index in [0.29, 0.717) is 24.8 Å². The molecule has 1 aromatic rings. The molecular weight excluding hydrogens is 283 g/mol. The maximum Gasteiger partial charge on any atom is 0.330 e. The summed E-state index contributed by atoms with van der Waals surface area (Å²) in [5.74, 6) is 0. The zero-order valence-electron chi connectivity index (χ0n) is 11.5. The number of halogens is 1. The molecule has 2 heterocycles. The Kier molecular flexibility index (Phi) is 5.27. The van der Waals surface area contributed by atoms with Crippen LogP contribution in [0.2, 0.25) is 0 Å². The smallest absolute Gasteiger partial charge is 0.330 e. The predicted molar refractivity (Wildman–Crippen MR) is 71.9 cm³/mol. The third-order valence-corrected chi connectivity index (χ3v) is 3.57. The van der Waals surface area contributed by atoms with E-state index in [4.69, 9.17) is 9.84 Å². The van der Waals surface area contributed by atoms with Crippen LogP contribution in [0.1, 0.15) is 31.1 Å². The molecule has 1 saturated heterocycles. The molecule has 1 fully saturated rings. The lowest BCUT2D eigenvalue weighted by Crippen LogP contribution is -2.34. The molecule has 1 aliphatic rings. The number of hydrogen-bond acceptors (Lipinski definition) is 5. The Morgan fingerprint density at radius 3 is 2.81 bits per heavy atom. The number of aromatic nitrogens is 2. The Hall–Kier alpha value is -1.51. The molecule has 1 aromatic heterocycles. The Balaban J connectivity index is 2.22. The van der Waals surface area contributed by atoms with E-state index in [9.17, 15) is 19.1 Å². The number of aromatic amines is 1. The minimum atomic E-state index is -0.867. The van der Waals surface area contributed by atoms with E-state index in [-0.39, 0.29) is 13.0 Å². The van der Waals surface area contributed by atoms with Gasteiger partial charge in [0.1, 0.15) is 12.3 Å². The lowest BCUT2D eigenvalue weighted by molar-refractivity contribution is -0.0460. The van der Waals surface area contributed by atoms with Gasteiger partial charge in [0.25, 0.3) is 5.56 Å². The summed E-state index contributed by atoms with van der Waals surface area (Å²) in [5, 5.41) is 18.7. The van der Waals surface area contributed by atoms with Gasteiger partial charge < -0.3 is 14.9 Å². The van der Waals surface area contributed by atoms with Crippen molar-refractivity contribution < 1.29 is 19.3 Å². The van der Waals surface area contributed by atoms with Crippen LogP contribution in [0, 0.1) is 0 Å². The van der Waals surface area contributed by atoms with Gasteiger partial charge >= 0.3 is 5.69 Å². The number of ether oxygens (including phenoxy) is 1. The van der Waals surface area contributed by atoms with Crippen molar-refractivity contribution in [3.63, 3.8) is 0 Å². The summed E-state index contributed by atoms with van der Waals surface area (Å²) in [7, 11) is 0. The van der Waals surface area contributed by atoms with Crippen molar-refractivity contribution in [2.75, 3.05) is 13.3 Å². The zero-order chi connectivity index (χ0) is 15.4. The molecule has 0 amide bonds. The molecule has 0 aromatic carbocycles. The van der Waals surface area contributed by atoms with Crippen molar-refractivity contribution >= 4 is 0 Å². The highest BCUT2D eigenvalue weighted by Gasteiger charge is 2.35. The van der Waals surface area contributed by atoms with Gasteiger partial charge in [-0.25, -0.2) is 4.79 Å². The van der Waals surface area contributed by atoms with Crippen LogP contribution in [-0.2, 0) is 11.2 Å². The van der Waals surface area contributed by atoms with Crippen molar-refractivity contribution in [1.29, 1.82) is 0 Å². The van der Waals surface area contributed by atoms with Crippen LogP contribution < -0.4 is 11.2 Å². The molecule has 0 saturated carbocycles. The number of aryl methyl sites for hydroxylation is 1. The second-order valence-corrected chi connectivity index (χ2v) is 5.08. The van der Waals surface area contributed by atoms with Gasteiger partial charge in [-0.05, 0) is 19.3 Å². The average Bonchev–Trinajstić information content (AvgIpc) is 2.82. The molecule has 2 rings (SSSR count). The topological polar surface area (TPSA) is 105 Å². The van der Waals surface area contributed by atoms with Crippen LogP contribution in [0.15, 0.2) is 15.8 Å². The lowest BCUT2D eigenvalue weighted by atomic mass is 10.1. The normalized spacial score (nSPS) is 25.4. The van der Waals surface area contributed by atoms with Crippen molar-refractivity contribution in [1.82, 2.24) is 9.55 Å². The Bertz CT molecular complexity index is 585. The van der Waals surface area contributed by atoms with Crippen molar-refractivity contribution in [2.45, 2.75) is 44.1 Å². The van der Waals surface area contributed by atoms with Crippen molar-refractivity contribution in [2.24, 2.45) is 0 Å². The molecule has 7 nitrogen and oxygen atoms in total. The van der Waals surface area contributed by atoms with Gasteiger partial charge in [0.05, 0.1) is 19.4 Å². The fourth-order valence-corrected chi connectivity index (χ4v) is 2.38. The Morgan fingerprint density at radius 1 is 1.43 bits per heavy atom. The number of H-pyrrole nitrogens is 1. The van der Waals surface area contributed by atoms with Gasteiger partial charge in [-0.15, -0.1) is 0 Å². The molecule has 0 aliphatic carbocycles. The quantitative estimate of drug-likeness (QED) is 0.613. The van der Waals surface area contributed by atoms with E-state index in [1.54, 1.807) is 0 Å². The second kappa shape index (κ2) is 6.97. The number of alkyl halides is 1. The number of nitrogens with zero attached hydrogens (tertiary/aromatic N) is 1. The van der Waals surface area contributed by atoms with Crippen LogP contribution in [0.4, 0.5) is 4.39 Å². The van der Waals surface area contributed by atoms with Crippen LogP contribution in [0.5, 0.6) is 0 Å². The van der Waals surface area contributed by atoms with Crippen LogP contribution in [0.25, 0.3) is 0 Å². The van der Waals surface area contributed by atoms with Crippen molar-refractivity contribution in [3.8, 4) is 0 Å². The number of aliphatic hydroxyl groups excluding tert-OH is 2. The monoisotopic (exact) mass is 302 g/mol. The highest BCUT2D eigenvalue weighted by Crippen LogP contribution is 2.27. The lowest BCUT2D eigenvalue weighted by Gasteiger charge is -2.15. The van der Waals surface area contributed by atoms with Crippen LogP contribution in [-0.4, -0.2) is 45.3 Å². The predicted octanol–water partition coefficient (Wildman–Crippen LogP) is -0.531. The Labute approximate surface area is 120 Å². The molecule has 0 radical (unpaired) electrons. The first kappa shape index (κ1) is 15.9. The molecule has 3 atom stereocenters. The highest BCUT2D eigenvalue weighted by atomic mass is 19.1. The minimum absolute atomic E-state index is 0.154. The number of hydrogen-bond donors (Lipinski definition) is 3. The standard InChI is InChI=1S/C13H19FN2O5/c14-4-2-1-3-8-6-16(13(20)15-12(8)19)11-5-9(18)10(7-17)21-11/h6,9-11,17-18H,1-5,7H2,(H,15,19,20)/t9-,10+,11+/m0/s1. The largest absolute Gasteiger partial charge is 0.394 e. The van der Waals surface area contributed by atoms with E-state index < -0.39 is 36.4 Å². The Morgan fingerprint density at radius 2 is 2.19 bits per heavy atom. The molecule has 3 N–H and O–H groups in total. The summed E-state index contributed by atoms with van der Waals surface area (Å²) in [6, 6.07) is 0. The molecule has 8 heteroatoms. The van der Waals surface area contributed by atoms with Gasteiger partial charge in [-0.2, -0.15) is 0 Å². The summed E-state index contributed by atoms with van der Waals surface area (Å²) in [6.45, 7) is -0.799. The second-order valence-electron chi connectivity index (χ2n) is 5.08. The summed E-state index contributed by atoms with van der Waals surface area (Å²) in [4.78, 5) is 25.7. The third kappa shape index (κ3) is 3.58. The van der Waals surface area contributed by atoms with E-state index in [2.05, 4.69) is 4.98 Å². The first-order valence-electron chi connectivity index (χ1n) is 6.91. The van der Waals surface area contributed by atoms with Crippen LogP contribution >= 0.6 is 0 Å². The van der Waals surface area contributed by atoms with Gasteiger partial charge in [0.15, 0.2) is 0 Å². The number of aliphatic hydroxyl groups is 2. The molecule has 118 valence electrons. The van der Waals surface area contributed by atoms with E-state index in [1.807, 2.05) is 0 Å².